The van der Waals surface area contributed by atoms with Crippen LogP contribution in [0.2, 0.25) is 0 Å². The van der Waals surface area contributed by atoms with Crippen molar-refractivity contribution in [3.63, 3.8) is 0 Å². The van der Waals surface area contributed by atoms with Crippen LogP contribution in [0.3, 0.4) is 0 Å². The van der Waals surface area contributed by atoms with Crippen molar-refractivity contribution < 1.29 is 4.74 Å². The van der Waals surface area contributed by atoms with E-state index in [1.807, 2.05) is 0 Å². The quantitative estimate of drug-likeness (QED) is 0.861. The summed E-state index contributed by atoms with van der Waals surface area (Å²) in [6.45, 7) is 9.69. The molecule has 0 bridgehead atoms. The Morgan fingerprint density at radius 3 is 2.68 bits per heavy atom. The Balaban J connectivity index is 2.04. The molecule has 1 aromatic heterocycles. The number of aromatic nitrogens is 2. The number of nitrogens with zero attached hydrogens (tertiary/aromatic N) is 3. The van der Waals surface area contributed by atoms with Gasteiger partial charge in [0.1, 0.15) is 6.33 Å². The maximum atomic E-state index is 5.52. The molecule has 0 saturated carbocycles. The van der Waals surface area contributed by atoms with Gasteiger partial charge in [0, 0.05) is 39.1 Å². The largest absolute Gasteiger partial charge is 0.493 e. The van der Waals surface area contributed by atoms with Crippen molar-refractivity contribution in [2.75, 3.05) is 39.8 Å². The third kappa shape index (κ3) is 3.64. The summed E-state index contributed by atoms with van der Waals surface area (Å²) in [7, 11) is 1.71. The molecule has 0 amide bonds. The van der Waals surface area contributed by atoms with Gasteiger partial charge < -0.3 is 15.0 Å². The Morgan fingerprint density at radius 1 is 1.32 bits per heavy atom. The molecule has 0 aromatic carbocycles. The van der Waals surface area contributed by atoms with Gasteiger partial charge in [-0.1, -0.05) is 13.8 Å². The van der Waals surface area contributed by atoms with Crippen LogP contribution >= 0.6 is 0 Å². The first-order valence-corrected chi connectivity index (χ1v) is 7.03. The van der Waals surface area contributed by atoms with Gasteiger partial charge in [-0.2, -0.15) is 0 Å². The molecule has 0 unspecified atom stereocenters. The summed E-state index contributed by atoms with van der Waals surface area (Å²) in [4.78, 5) is 11.2. The normalized spacial score (nSPS) is 16.8. The number of rotatable bonds is 5. The molecule has 1 N–H and O–H groups in total. The molecule has 1 fully saturated rings. The average molecular weight is 264 g/mol. The fraction of sp³-hybridized carbons (Fsp3) is 0.714. The van der Waals surface area contributed by atoms with Crippen molar-refractivity contribution in [2.24, 2.45) is 0 Å². The Kier molecular flexibility index (Phi) is 5.10. The number of nitrogens with one attached hydrogen (secondary N) is 1. The predicted octanol–water partition coefficient (Wildman–Crippen LogP) is 1.06. The molecule has 1 aromatic rings. The van der Waals surface area contributed by atoms with E-state index >= 15 is 0 Å². The SMILES string of the molecule is COc1c(CCN2CCNCC2)ncnc1C(C)C. The lowest BCUT2D eigenvalue weighted by atomic mass is 10.1. The van der Waals surface area contributed by atoms with E-state index < -0.39 is 0 Å². The number of ether oxygens (including phenoxy) is 1. The van der Waals surface area contributed by atoms with Gasteiger partial charge >= 0.3 is 0 Å². The Hall–Kier alpha value is -1.20. The van der Waals surface area contributed by atoms with Gasteiger partial charge in [-0.25, -0.2) is 9.97 Å². The van der Waals surface area contributed by atoms with Crippen LogP contribution < -0.4 is 10.1 Å². The van der Waals surface area contributed by atoms with Crippen LogP contribution in [-0.4, -0.2) is 54.7 Å². The molecule has 0 spiro atoms. The van der Waals surface area contributed by atoms with Crippen LogP contribution in [0.5, 0.6) is 5.75 Å². The molecule has 106 valence electrons. The molecule has 2 rings (SSSR count). The monoisotopic (exact) mass is 264 g/mol. The van der Waals surface area contributed by atoms with Crippen LogP contribution in [-0.2, 0) is 6.42 Å². The van der Waals surface area contributed by atoms with Crippen molar-refractivity contribution in [1.29, 1.82) is 0 Å². The highest BCUT2D eigenvalue weighted by molar-refractivity contribution is 5.34. The van der Waals surface area contributed by atoms with Crippen molar-refractivity contribution in [2.45, 2.75) is 26.2 Å². The van der Waals surface area contributed by atoms with Crippen LogP contribution in [0.1, 0.15) is 31.2 Å². The second-order valence-corrected chi connectivity index (χ2v) is 5.24. The smallest absolute Gasteiger partial charge is 0.162 e. The van der Waals surface area contributed by atoms with E-state index in [2.05, 4.69) is 34.0 Å². The van der Waals surface area contributed by atoms with Gasteiger partial charge in [-0.3, -0.25) is 0 Å². The Bertz CT molecular complexity index is 402. The first-order valence-electron chi connectivity index (χ1n) is 7.03. The van der Waals surface area contributed by atoms with Crippen molar-refractivity contribution in [3.8, 4) is 5.75 Å². The van der Waals surface area contributed by atoms with E-state index in [-0.39, 0.29) is 0 Å². The first-order chi connectivity index (χ1) is 9.22. The second kappa shape index (κ2) is 6.82. The van der Waals surface area contributed by atoms with Gasteiger partial charge in [0.05, 0.1) is 18.5 Å². The second-order valence-electron chi connectivity index (χ2n) is 5.24. The maximum absolute atomic E-state index is 5.52. The van der Waals surface area contributed by atoms with Crippen LogP contribution in [0.15, 0.2) is 6.33 Å². The van der Waals surface area contributed by atoms with Crippen molar-refractivity contribution in [3.05, 3.63) is 17.7 Å². The fourth-order valence-electron chi connectivity index (χ4n) is 2.44. The van der Waals surface area contributed by atoms with E-state index in [0.717, 1.165) is 56.3 Å². The van der Waals surface area contributed by atoms with Crippen molar-refractivity contribution in [1.82, 2.24) is 20.2 Å². The summed E-state index contributed by atoms with van der Waals surface area (Å²) >= 11 is 0. The number of piperazine rings is 1. The fourth-order valence-corrected chi connectivity index (χ4v) is 2.44. The zero-order valence-electron chi connectivity index (χ0n) is 12.1. The molecule has 1 saturated heterocycles. The minimum Gasteiger partial charge on any atom is -0.493 e. The summed E-state index contributed by atoms with van der Waals surface area (Å²) in [6, 6.07) is 0. The molecule has 1 aliphatic heterocycles. The van der Waals surface area contributed by atoms with E-state index in [4.69, 9.17) is 4.74 Å². The van der Waals surface area contributed by atoms with E-state index in [1.54, 1.807) is 13.4 Å². The molecule has 19 heavy (non-hydrogen) atoms. The molecule has 0 atom stereocenters. The van der Waals surface area contributed by atoms with Gasteiger partial charge in [-0.15, -0.1) is 0 Å². The molecule has 0 aliphatic carbocycles. The summed E-state index contributed by atoms with van der Waals surface area (Å²) in [5.74, 6) is 1.23. The van der Waals surface area contributed by atoms with E-state index in [1.165, 1.54) is 0 Å². The van der Waals surface area contributed by atoms with Gasteiger partial charge in [0.25, 0.3) is 0 Å². The summed E-state index contributed by atoms with van der Waals surface area (Å²) < 4.78 is 5.52. The van der Waals surface area contributed by atoms with Gasteiger partial charge in [0.2, 0.25) is 0 Å². The first kappa shape index (κ1) is 14.2. The summed E-state index contributed by atoms with van der Waals surface area (Å²) in [6.07, 6.45) is 2.58. The van der Waals surface area contributed by atoms with E-state index in [9.17, 15) is 0 Å². The van der Waals surface area contributed by atoms with Crippen LogP contribution in [0, 0.1) is 0 Å². The van der Waals surface area contributed by atoms with Crippen molar-refractivity contribution >= 4 is 0 Å². The topological polar surface area (TPSA) is 50.3 Å². The highest BCUT2D eigenvalue weighted by Crippen LogP contribution is 2.26. The van der Waals surface area contributed by atoms with Gasteiger partial charge in [0.15, 0.2) is 5.75 Å². The highest BCUT2D eigenvalue weighted by atomic mass is 16.5. The van der Waals surface area contributed by atoms with E-state index in [0.29, 0.717) is 5.92 Å². The molecular formula is C14H24N4O. The molecule has 0 radical (unpaired) electrons. The molecule has 5 heteroatoms. The minimum atomic E-state index is 0.357. The third-order valence-electron chi connectivity index (χ3n) is 3.53. The lowest BCUT2D eigenvalue weighted by Crippen LogP contribution is -2.44. The molecule has 5 nitrogen and oxygen atoms in total. The van der Waals surface area contributed by atoms with Crippen LogP contribution in [0.4, 0.5) is 0 Å². The summed E-state index contributed by atoms with van der Waals surface area (Å²) in [5, 5.41) is 3.37. The highest BCUT2D eigenvalue weighted by Gasteiger charge is 2.16. The third-order valence-corrected chi connectivity index (χ3v) is 3.53. The zero-order chi connectivity index (χ0) is 13.7. The zero-order valence-corrected chi connectivity index (χ0v) is 12.1. The van der Waals surface area contributed by atoms with Crippen LogP contribution in [0.25, 0.3) is 0 Å². The summed E-state index contributed by atoms with van der Waals surface area (Å²) in [5.41, 5.74) is 2.03. The maximum Gasteiger partial charge on any atom is 0.162 e. The molecule has 2 heterocycles. The lowest BCUT2D eigenvalue weighted by Gasteiger charge is -2.27. The molecular weight excluding hydrogens is 240 g/mol. The Labute approximate surface area is 115 Å². The number of hydrogen-bond acceptors (Lipinski definition) is 5. The number of methoxy groups -OCH3 is 1. The Morgan fingerprint density at radius 2 is 2.05 bits per heavy atom. The minimum absolute atomic E-state index is 0.357. The van der Waals surface area contributed by atoms with Gasteiger partial charge in [-0.05, 0) is 5.92 Å². The lowest BCUT2D eigenvalue weighted by molar-refractivity contribution is 0.242. The predicted molar refractivity (Wildman–Crippen MR) is 75.7 cm³/mol. The standard InChI is InChI=1S/C14H24N4O/c1-11(2)13-14(19-3)12(16-10-17-13)4-7-18-8-5-15-6-9-18/h10-11,15H,4-9H2,1-3H3. The molecule has 1 aliphatic rings. The average Bonchev–Trinajstić information content (AvgIpc) is 2.45. The number of hydrogen-bond donors (Lipinski definition) is 1.